The lowest BCUT2D eigenvalue weighted by Crippen LogP contribution is -2.35. The summed E-state index contributed by atoms with van der Waals surface area (Å²) >= 11 is 0. The number of carbonyl (C=O) groups is 6. The highest BCUT2D eigenvalue weighted by atomic mass is 16.6. The lowest BCUT2D eigenvalue weighted by atomic mass is 9.86. The molecule has 0 spiro atoms. The number of esters is 6. The van der Waals surface area contributed by atoms with Gasteiger partial charge in [0.25, 0.3) is 0 Å². The molecule has 0 aliphatic carbocycles. The molecule has 0 N–H and O–H groups in total. The van der Waals surface area contributed by atoms with Crippen LogP contribution in [-0.4, -0.2) is 130 Å². The molecule has 0 aliphatic rings. The molecule has 0 bridgehead atoms. The third-order valence-corrected chi connectivity index (χ3v) is 8.01. The highest BCUT2D eigenvalue weighted by Gasteiger charge is 2.36. The zero-order chi connectivity index (χ0) is 40.3. The number of ether oxygens (including phenoxy) is 10. The first kappa shape index (κ1) is 46.3. The monoisotopic (exact) mass is 776 g/mol. The Bertz CT molecular complexity index is 1430. The zero-order valence-electron chi connectivity index (χ0n) is 31.8. The number of hydrogen-bond acceptors (Lipinski definition) is 16. The normalized spacial score (nSPS) is 13.0. The van der Waals surface area contributed by atoms with Gasteiger partial charge in [-0.2, -0.15) is 0 Å². The van der Waals surface area contributed by atoms with Crippen LogP contribution in [0, 0.1) is 17.8 Å². The predicted octanol–water partition coefficient (Wildman–Crippen LogP) is 3.24. The average Bonchev–Trinajstić information content (AvgIpc) is 3.20. The van der Waals surface area contributed by atoms with Gasteiger partial charge in [0.15, 0.2) is 6.10 Å². The van der Waals surface area contributed by atoms with Crippen molar-refractivity contribution in [3.8, 4) is 0 Å². The molecule has 2 aromatic carbocycles. The van der Waals surface area contributed by atoms with Crippen molar-refractivity contribution >= 4 is 35.8 Å². The second-order valence-electron chi connectivity index (χ2n) is 12.0. The van der Waals surface area contributed by atoms with E-state index in [4.69, 9.17) is 47.4 Å². The van der Waals surface area contributed by atoms with E-state index in [1.165, 1.54) is 40.6 Å². The van der Waals surface area contributed by atoms with Gasteiger partial charge in [-0.1, -0.05) is 36.4 Å². The highest BCUT2D eigenvalue weighted by Crippen LogP contribution is 2.27. The molecule has 16 heteroatoms. The van der Waals surface area contributed by atoms with Crippen LogP contribution in [0.3, 0.4) is 0 Å². The fourth-order valence-electron chi connectivity index (χ4n) is 5.05. The standard InChI is InChI=1S/C39H52O16/c1-46-17-21-50-35(41)30(25-32(37(43)52-23-19-48-3)27-54-34(40)28-11-7-5-8-12-28)15-16-31(36(42)51-22-18-47-2)26-33(39(45)53-24-20-49-4)55-38(44)29-13-9-6-10-14-29/h5-14,30-33H,15-27H2,1-4H3. The molecule has 16 nitrogen and oxygen atoms in total. The van der Waals surface area contributed by atoms with E-state index < -0.39 is 66.3 Å². The van der Waals surface area contributed by atoms with Gasteiger partial charge in [-0.15, -0.1) is 0 Å². The van der Waals surface area contributed by atoms with Gasteiger partial charge in [-0.3, -0.25) is 14.4 Å². The Morgan fingerprint density at radius 2 is 0.818 bits per heavy atom. The maximum Gasteiger partial charge on any atom is 0.347 e. The van der Waals surface area contributed by atoms with Crippen molar-refractivity contribution in [2.75, 3.05) is 87.9 Å². The van der Waals surface area contributed by atoms with E-state index in [-0.39, 0.29) is 89.7 Å². The molecule has 2 rings (SSSR count). The smallest absolute Gasteiger partial charge is 0.347 e. The highest BCUT2D eigenvalue weighted by molar-refractivity contribution is 5.91. The van der Waals surface area contributed by atoms with E-state index in [1.54, 1.807) is 48.5 Å². The van der Waals surface area contributed by atoms with E-state index in [1.807, 2.05) is 0 Å². The second-order valence-corrected chi connectivity index (χ2v) is 12.0. The minimum Gasteiger partial charge on any atom is -0.463 e. The first-order chi connectivity index (χ1) is 26.6. The number of rotatable bonds is 28. The van der Waals surface area contributed by atoms with Crippen LogP contribution in [0.25, 0.3) is 0 Å². The van der Waals surface area contributed by atoms with Crippen LogP contribution in [-0.2, 0) is 66.5 Å². The quantitative estimate of drug-likeness (QED) is 0.0694. The molecule has 0 saturated carbocycles. The van der Waals surface area contributed by atoms with E-state index in [0.717, 1.165) is 0 Å². The van der Waals surface area contributed by atoms with Crippen LogP contribution in [0.15, 0.2) is 60.7 Å². The number of hydrogen-bond donors (Lipinski definition) is 0. The molecule has 0 radical (unpaired) electrons. The van der Waals surface area contributed by atoms with Crippen molar-refractivity contribution < 1.29 is 76.1 Å². The molecule has 0 amide bonds. The summed E-state index contributed by atoms with van der Waals surface area (Å²) in [6, 6.07) is 16.1. The maximum absolute atomic E-state index is 13.5. The van der Waals surface area contributed by atoms with Gasteiger partial charge >= 0.3 is 35.8 Å². The van der Waals surface area contributed by atoms with Gasteiger partial charge in [0.1, 0.15) is 33.0 Å². The summed E-state index contributed by atoms with van der Waals surface area (Å²) in [5.41, 5.74) is 0.411. The van der Waals surface area contributed by atoms with Crippen molar-refractivity contribution in [3.63, 3.8) is 0 Å². The van der Waals surface area contributed by atoms with Gasteiger partial charge in [0.2, 0.25) is 0 Å². The molecule has 4 atom stereocenters. The van der Waals surface area contributed by atoms with Gasteiger partial charge < -0.3 is 47.4 Å². The molecular weight excluding hydrogens is 724 g/mol. The molecule has 0 heterocycles. The van der Waals surface area contributed by atoms with Gasteiger partial charge in [0, 0.05) is 34.9 Å². The Morgan fingerprint density at radius 3 is 1.25 bits per heavy atom. The van der Waals surface area contributed by atoms with Crippen molar-refractivity contribution in [2.45, 2.75) is 31.8 Å². The average molecular weight is 777 g/mol. The fraction of sp³-hybridized carbons (Fsp3) is 0.538. The second kappa shape index (κ2) is 27.6. The summed E-state index contributed by atoms with van der Waals surface area (Å²) in [4.78, 5) is 79.4. The summed E-state index contributed by atoms with van der Waals surface area (Å²) in [5.74, 6) is -8.01. The van der Waals surface area contributed by atoms with Crippen LogP contribution < -0.4 is 0 Å². The largest absolute Gasteiger partial charge is 0.463 e. The van der Waals surface area contributed by atoms with Crippen LogP contribution in [0.5, 0.6) is 0 Å². The minimum absolute atomic E-state index is 0.0656. The molecule has 304 valence electrons. The first-order valence-electron chi connectivity index (χ1n) is 17.8. The molecule has 0 fully saturated rings. The Kier molecular flexibility index (Phi) is 23.3. The Labute approximate surface area is 320 Å². The SMILES string of the molecule is COCCOC(=O)C(CCC(CC(OC(=O)c1ccccc1)C(=O)OCCOC)C(=O)OCCOC)CC(COC(=O)c1ccccc1)C(=O)OCCOC. The lowest BCUT2D eigenvalue weighted by molar-refractivity contribution is -0.161. The summed E-state index contributed by atoms with van der Waals surface area (Å²) in [6.45, 7) is -0.582. The Hall–Kier alpha value is -4.90. The van der Waals surface area contributed by atoms with Gasteiger partial charge in [-0.05, 0) is 43.5 Å². The van der Waals surface area contributed by atoms with Crippen LogP contribution in [0.4, 0.5) is 0 Å². The van der Waals surface area contributed by atoms with Crippen molar-refractivity contribution in [2.24, 2.45) is 17.8 Å². The third kappa shape index (κ3) is 18.3. The van der Waals surface area contributed by atoms with Crippen molar-refractivity contribution in [3.05, 3.63) is 71.8 Å². The van der Waals surface area contributed by atoms with Crippen LogP contribution in [0.1, 0.15) is 46.4 Å². The summed E-state index contributed by atoms with van der Waals surface area (Å²) < 4.78 is 52.5. The number of benzene rings is 2. The fourth-order valence-corrected chi connectivity index (χ4v) is 5.05. The van der Waals surface area contributed by atoms with Gasteiger partial charge in [0.05, 0.1) is 55.3 Å². The summed E-state index contributed by atoms with van der Waals surface area (Å²) in [7, 11) is 5.70. The Morgan fingerprint density at radius 1 is 0.436 bits per heavy atom. The maximum atomic E-state index is 13.5. The molecule has 0 saturated heterocycles. The molecule has 4 unspecified atom stereocenters. The minimum atomic E-state index is -1.56. The topological polar surface area (TPSA) is 195 Å². The molecular formula is C39H52O16. The number of carbonyl (C=O) groups excluding carboxylic acids is 6. The molecule has 0 aromatic heterocycles. The van der Waals surface area contributed by atoms with E-state index in [9.17, 15) is 28.8 Å². The van der Waals surface area contributed by atoms with Crippen LogP contribution >= 0.6 is 0 Å². The molecule has 0 aliphatic heterocycles. The van der Waals surface area contributed by atoms with E-state index >= 15 is 0 Å². The van der Waals surface area contributed by atoms with Gasteiger partial charge in [-0.25, -0.2) is 14.4 Å². The first-order valence-corrected chi connectivity index (χ1v) is 17.8. The van der Waals surface area contributed by atoms with Crippen molar-refractivity contribution in [1.82, 2.24) is 0 Å². The number of methoxy groups -OCH3 is 4. The van der Waals surface area contributed by atoms with E-state index in [2.05, 4.69) is 0 Å². The van der Waals surface area contributed by atoms with Crippen molar-refractivity contribution in [1.29, 1.82) is 0 Å². The molecule has 2 aromatic rings. The predicted molar refractivity (Wildman–Crippen MR) is 193 cm³/mol. The summed E-state index contributed by atoms with van der Waals surface area (Å²) in [5, 5.41) is 0. The van der Waals surface area contributed by atoms with Crippen LogP contribution in [0.2, 0.25) is 0 Å². The zero-order valence-corrected chi connectivity index (χ0v) is 31.8. The summed E-state index contributed by atoms with van der Waals surface area (Å²) in [6.07, 6.45) is -2.33. The van der Waals surface area contributed by atoms with E-state index in [0.29, 0.717) is 0 Å². The third-order valence-electron chi connectivity index (χ3n) is 8.01. The Balaban J connectivity index is 2.40. The molecule has 55 heavy (non-hydrogen) atoms. The lowest BCUT2D eigenvalue weighted by Gasteiger charge is -2.25.